The second-order valence-electron chi connectivity index (χ2n) is 23.6. The lowest BCUT2D eigenvalue weighted by atomic mass is 9.99. The molecule has 1 amide bonds. The Hall–Kier alpha value is -1.59. The van der Waals surface area contributed by atoms with Crippen LogP contribution in [-0.2, 0) is 14.3 Å². The molecule has 0 spiro atoms. The molecule has 0 aliphatic carbocycles. The summed E-state index contributed by atoms with van der Waals surface area (Å²) in [5.41, 5.74) is 0. The maximum absolute atomic E-state index is 13.0. The zero-order valence-electron chi connectivity index (χ0n) is 50.7. The van der Waals surface area contributed by atoms with Crippen molar-refractivity contribution in [2.24, 2.45) is 0 Å². The fourth-order valence-electron chi connectivity index (χ4n) is 10.9. The predicted octanol–water partition coefficient (Wildman–Crippen LogP) is 17.9. The van der Waals surface area contributed by atoms with Gasteiger partial charge in [-0.1, -0.05) is 320 Å². The summed E-state index contributed by atoms with van der Waals surface area (Å²) >= 11 is 0. The largest absolute Gasteiger partial charge is 0.394 e. The number of unbranched alkanes of at least 4 members (excludes halogenated alkanes) is 45. The second-order valence-corrected chi connectivity index (χ2v) is 23.6. The third kappa shape index (κ3) is 46.7. The normalized spacial score (nSPS) is 18.9. The Morgan fingerprint density at radius 3 is 1.09 bits per heavy atom. The molecule has 7 atom stereocenters. The number of amides is 1. The molecule has 0 aromatic heterocycles. The minimum Gasteiger partial charge on any atom is -0.394 e. The number of aliphatic hydroxyl groups is 5. The van der Waals surface area contributed by atoms with E-state index in [1.165, 1.54) is 263 Å². The number of hydrogen-bond acceptors (Lipinski definition) is 8. The van der Waals surface area contributed by atoms with E-state index in [9.17, 15) is 30.3 Å². The van der Waals surface area contributed by atoms with E-state index in [0.717, 1.165) is 51.4 Å². The SMILES string of the molecule is CCCCC/C=C/CC/C=C/CC/C=C/C(O)C(COC1OC(CO)C(O)C(O)C1O)NC(=O)CCCCCCCCCCCCCCCCCCCCCCCCCCCCCCCCCCCCCCCCCCC. The molecular formula is C68H129NO8. The first kappa shape index (κ1) is 73.4. The number of nitrogens with one attached hydrogen (secondary N) is 1. The van der Waals surface area contributed by atoms with Gasteiger partial charge in [-0.3, -0.25) is 4.79 Å². The fraction of sp³-hybridized carbons (Fsp3) is 0.897. The fourth-order valence-corrected chi connectivity index (χ4v) is 10.9. The molecule has 9 heteroatoms. The van der Waals surface area contributed by atoms with Crippen LogP contribution in [0.3, 0.4) is 0 Å². The van der Waals surface area contributed by atoms with E-state index in [2.05, 4.69) is 43.5 Å². The lowest BCUT2D eigenvalue weighted by molar-refractivity contribution is -0.302. The highest BCUT2D eigenvalue weighted by Gasteiger charge is 2.44. The minimum atomic E-state index is -1.57. The van der Waals surface area contributed by atoms with Crippen molar-refractivity contribution in [2.45, 2.75) is 378 Å². The Bertz CT molecular complexity index is 1310. The molecule has 0 radical (unpaired) electrons. The molecule has 454 valence electrons. The number of carbonyl (C=O) groups is 1. The van der Waals surface area contributed by atoms with Crippen molar-refractivity contribution < 1.29 is 39.8 Å². The minimum absolute atomic E-state index is 0.186. The molecule has 1 aliphatic heterocycles. The van der Waals surface area contributed by atoms with Gasteiger partial charge in [0.2, 0.25) is 5.91 Å². The number of hydrogen-bond donors (Lipinski definition) is 6. The van der Waals surface area contributed by atoms with Crippen LogP contribution in [0.4, 0.5) is 0 Å². The van der Waals surface area contributed by atoms with E-state index in [1.54, 1.807) is 6.08 Å². The molecule has 1 aliphatic rings. The van der Waals surface area contributed by atoms with Crippen LogP contribution >= 0.6 is 0 Å². The molecule has 77 heavy (non-hydrogen) atoms. The standard InChI is InChI=1S/C68H129NO8/c1-3-5-7-9-11-13-15-17-18-19-20-21-22-23-24-25-26-27-28-29-30-31-32-33-34-35-36-37-38-39-40-41-42-43-44-46-48-50-52-54-56-58-64(72)69-61(60-76-68-67(75)66(74)65(73)63(59-70)77-68)62(71)57-55-53-51-49-47-45-16-14-12-10-8-6-4-2/h12,14,47,49,55,57,61-63,65-68,70-71,73-75H,3-11,13,15-46,48,50-54,56,58-60H2,1-2H3,(H,69,72)/b14-12+,49-47+,57-55+. The van der Waals surface area contributed by atoms with Gasteiger partial charge >= 0.3 is 0 Å². The monoisotopic (exact) mass is 1090 g/mol. The Morgan fingerprint density at radius 2 is 0.740 bits per heavy atom. The van der Waals surface area contributed by atoms with E-state index in [4.69, 9.17) is 9.47 Å². The van der Waals surface area contributed by atoms with E-state index >= 15 is 0 Å². The highest BCUT2D eigenvalue weighted by atomic mass is 16.7. The lowest BCUT2D eigenvalue weighted by Gasteiger charge is -2.40. The van der Waals surface area contributed by atoms with Crippen LogP contribution in [0, 0.1) is 0 Å². The van der Waals surface area contributed by atoms with Gasteiger partial charge in [0, 0.05) is 6.42 Å². The van der Waals surface area contributed by atoms with Crippen LogP contribution in [0.15, 0.2) is 36.5 Å². The molecule has 0 aromatic rings. The maximum Gasteiger partial charge on any atom is 0.220 e. The average Bonchev–Trinajstić information content (AvgIpc) is 3.43. The van der Waals surface area contributed by atoms with E-state index in [0.29, 0.717) is 6.42 Å². The molecule has 1 heterocycles. The molecule has 0 aromatic carbocycles. The van der Waals surface area contributed by atoms with Gasteiger partial charge in [-0.15, -0.1) is 0 Å². The van der Waals surface area contributed by atoms with Crippen LogP contribution < -0.4 is 5.32 Å². The van der Waals surface area contributed by atoms with Crippen LogP contribution in [0.2, 0.25) is 0 Å². The van der Waals surface area contributed by atoms with Crippen molar-refractivity contribution in [3.8, 4) is 0 Å². The molecule has 1 fully saturated rings. The van der Waals surface area contributed by atoms with Crippen molar-refractivity contribution in [1.29, 1.82) is 0 Å². The Balaban J connectivity index is 1.99. The van der Waals surface area contributed by atoms with Gasteiger partial charge in [0.05, 0.1) is 25.4 Å². The maximum atomic E-state index is 13.0. The molecule has 6 N–H and O–H groups in total. The lowest BCUT2D eigenvalue weighted by Crippen LogP contribution is -2.60. The summed E-state index contributed by atoms with van der Waals surface area (Å²) in [6.07, 6.45) is 70.0. The van der Waals surface area contributed by atoms with Crippen LogP contribution in [0.5, 0.6) is 0 Å². The van der Waals surface area contributed by atoms with Crippen molar-refractivity contribution in [1.82, 2.24) is 5.32 Å². The Kier molecular flexibility index (Phi) is 55.0. The molecule has 0 bridgehead atoms. The number of rotatable bonds is 59. The number of aliphatic hydroxyl groups excluding tert-OH is 5. The highest BCUT2D eigenvalue weighted by Crippen LogP contribution is 2.23. The third-order valence-electron chi connectivity index (χ3n) is 16.2. The van der Waals surface area contributed by atoms with E-state index in [1.807, 2.05) is 6.08 Å². The highest BCUT2D eigenvalue weighted by molar-refractivity contribution is 5.76. The molecule has 9 nitrogen and oxygen atoms in total. The van der Waals surface area contributed by atoms with E-state index < -0.39 is 49.5 Å². The van der Waals surface area contributed by atoms with Gasteiger partial charge in [-0.05, 0) is 44.9 Å². The zero-order valence-corrected chi connectivity index (χ0v) is 50.7. The van der Waals surface area contributed by atoms with Gasteiger partial charge < -0.3 is 40.3 Å². The summed E-state index contributed by atoms with van der Waals surface area (Å²) in [6, 6.07) is -0.826. The summed E-state index contributed by atoms with van der Waals surface area (Å²) in [5, 5.41) is 54.4. The molecule has 7 unspecified atom stereocenters. The van der Waals surface area contributed by atoms with Crippen LogP contribution in [0.25, 0.3) is 0 Å². The molecular weight excluding hydrogens is 959 g/mol. The Morgan fingerprint density at radius 1 is 0.429 bits per heavy atom. The van der Waals surface area contributed by atoms with Crippen molar-refractivity contribution in [2.75, 3.05) is 13.2 Å². The molecule has 1 rings (SSSR count). The van der Waals surface area contributed by atoms with Gasteiger partial charge in [-0.25, -0.2) is 0 Å². The van der Waals surface area contributed by atoms with Crippen molar-refractivity contribution in [3.05, 3.63) is 36.5 Å². The van der Waals surface area contributed by atoms with Crippen LogP contribution in [-0.4, -0.2) is 87.5 Å². The van der Waals surface area contributed by atoms with Gasteiger partial charge in [-0.2, -0.15) is 0 Å². The van der Waals surface area contributed by atoms with Gasteiger partial charge in [0.15, 0.2) is 6.29 Å². The van der Waals surface area contributed by atoms with Crippen molar-refractivity contribution in [3.63, 3.8) is 0 Å². The molecule has 1 saturated heterocycles. The predicted molar refractivity (Wildman–Crippen MR) is 327 cm³/mol. The smallest absolute Gasteiger partial charge is 0.220 e. The summed E-state index contributed by atoms with van der Waals surface area (Å²) in [6.45, 7) is 3.75. The number of allylic oxidation sites excluding steroid dienone is 5. The van der Waals surface area contributed by atoms with E-state index in [-0.39, 0.29) is 12.5 Å². The first-order chi connectivity index (χ1) is 37.8. The van der Waals surface area contributed by atoms with Gasteiger partial charge in [0.1, 0.15) is 24.4 Å². The summed E-state index contributed by atoms with van der Waals surface area (Å²) in [5.74, 6) is -0.186. The average molecular weight is 1090 g/mol. The quantitative estimate of drug-likeness (QED) is 0.0261. The number of carbonyl (C=O) groups excluding carboxylic acids is 1. The summed E-state index contributed by atoms with van der Waals surface area (Å²) in [4.78, 5) is 13.0. The zero-order chi connectivity index (χ0) is 55.8. The topological polar surface area (TPSA) is 149 Å². The number of ether oxygens (including phenoxy) is 2. The van der Waals surface area contributed by atoms with Crippen molar-refractivity contribution >= 4 is 5.91 Å². The summed E-state index contributed by atoms with van der Waals surface area (Å²) < 4.78 is 11.2. The molecule has 0 saturated carbocycles. The van der Waals surface area contributed by atoms with Crippen LogP contribution in [0.1, 0.15) is 335 Å². The second kappa shape index (κ2) is 57.6. The Labute approximate surface area is 476 Å². The third-order valence-corrected chi connectivity index (χ3v) is 16.2. The first-order valence-electron chi connectivity index (χ1n) is 33.7. The summed E-state index contributed by atoms with van der Waals surface area (Å²) in [7, 11) is 0. The van der Waals surface area contributed by atoms with Gasteiger partial charge in [0.25, 0.3) is 0 Å². The first-order valence-corrected chi connectivity index (χ1v) is 33.7.